The summed E-state index contributed by atoms with van der Waals surface area (Å²) in [6, 6.07) is 4.75. The molecule has 0 radical (unpaired) electrons. The molecule has 1 aromatic rings. The van der Waals surface area contributed by atoms with Gasteiger partial charge in [-0.3, -0.25) is 9.59 Å². The van der Waals surface area contributed by atoms with Crippen LogP contribution in [0.2, 0.25) is 5.02 Å². The van der Waals surface area contributed by atoms with Gasteiger partial charge in [0.05, 0.1) is 17.1 Å². The fraction of sp³-hybridized carbons (Fsp3) is 0.167. The molecule has 1 amide bonds. The zero-order valence-electron chi connectivity index (χ0n) is 8.90. The highest BCUT2D eigenvalue weighted by Crippen LogP contribution is 2.24. The van der Waals surface area contributed by atoms with Crippen molar-refractivity contribution in [3.63, 3.8) is 0 Å². The van der Waals surface area contributed by atoms with Crippen molar-refractivity contribution in [3.05, 3.63) is 28.8 Å². The predicted molar refractivity (Wildman–Crippen MR) is 64.2 cm³/mol. The number of aldehydes is 1. The van der Waals surface area contributed by atoms with Crippen molar-refractivity contribution < 1.29 is 14.3 Å². The van der Waals surface area contributed by atoms with Crippen molar-refractivity contribution in [1.82, 2.24) is 5.32 Å². The largest absolute Gasteiger partial charge is 0.483 e. The molecule has 0 bridgehead atoms. The lowest BCUT2D eigenvalue weighted by Gasteiger charge is -2.08. The molecule has 1 aromatic carbocycles. The third-order valence-electron chi connectivity index (χ3n) is 1.88. The first-order valence-corrected chi connectivity index (χ1v) is 5.13. The Labute approximate surface area is 104 Å². The molecular weight excluding hydrogens is 242 g/mol. The van der Waals surface area contributed by atoms with Crippen LogP contribution in [0.1, 0.15) is 10.4 Å². The normalized spacial score (nSPS) is 9.18. The summed E-state index contributed by atoms with van der Waals surface area (Å²) in [5.74, 6) is 2.17. The highest BCUT2D eigenvalue weighted by atomic mass is 35.5. The van der Waals surface area contributed by atoms with Crippen molar-refractivity contribution in [2.24, 2.45) is 0 Å². The maximum atomic E-state index is 11.2. The Hall–Kier alpha value is -1.99. The summed E-state index contributed by atoms with van der Waals surface area (Å²) in [7, 11) is 0. The van der Waals surface area contributed by atoms with Crippen molar-refractivity contribution in [3.8, 4) is 18.1 Å². The lowest BCUT2D eigenvalue weighted by molar-refractivity contribution is -0.122. The standard InChI is InChI=1S/C12H10ClNO3/c1-2-6-14-12(16)8-17-11-5-3-4-10(13)9(11)7-15/h1,3-5,7H,6,8H2,(H,14,16). The topological polar surface area (TPSA) is 55.4 Å². The third-order valence-corrected chi connectivity index (χ3v) is 2.21. The molecule has 88 valence electrons. The SMILES string of the molecule is C#CCNC(=O)COc1cccc(Cl)c1C=O. The van der Waals surface area contributed by atoms with E-state index in [2.05, 4.69) is 11.2 Å². The van der Waals surface area contributed by atoms with E-state index in [1.54, 1.807) is 18.2 Å². The fourth-order valence-corrected chi connectivity index (χ4v) is 1.31. The monoisotopic (exact) mass is 251 g/mol. The molecule has 0 unspecified atom stereocenters. The molecule has 0 saturated heterocycles. The molecule has 5 heteroatoms. The smallest absolute Gasteiger partial charge is 0.258 e. The van der Waals surface area contributed by atoms with E-state index in [1.807, 2.05) is 0 Å². The van der Waals surface area contributed by atoms with Crippen LogP contribution in [-0.4, -0.2) is 25.3 Å². The maximum Gasteiger partial charge on any atom is 0.258 e. The minimum absolute atomic E-state index is 0.137. The first-order valence-electron chi connectivity index (χ1n) is 4.75. The molecule has 1 rings (SSSR count). The van der Waals surface area contributed by atoms with E-state index in [-0.39, 0.29) is 35.4 Å². The molecule has 0 atom stereocenters. The summed E-state index contributed by atoms with van der Waals surface area (Å²) >= 11 is 5.79. The van der Waals surface area contributed by atoms with Gasteiger partial charge in [0, 0.05) is 0 Å². The number of halogens is 1. The van der Waals surface area contributed by atoms with E-state index in [9.17, 15) is 9.59 Å². The Morgan fingerprint density at radius 1 is 1.59 bits per heavy atom. The molecule has 17 heavy (non-hydrogen) atoms. The zero-order chi connectivity index (χ0) is 12.7. The fourth-order valence-electron chi connectivity index (χ4n) is 1.10. The molecule has 4 nitrogen and oxygen atoms in total. The average molecular weight is 252 g/mol. The van der Waals surface area contributed by atoms with E-state index in [1.165, 1.54) is 0 Å². The van der Waals surface area contributed by atoms with Crippen LogP contribution < -0.4 is 10.1 Å². The second-order valence-electron chi connectivity index (χ2n) is 3.04. The second-order valence-corrected chi connectivity index (χ2v) is 3.45. The van der Waals surface area contributed by atoms with Gasteiger partial charge in [0.2, 0.25) is 0 Å². The van der Waals surface area contributed by atoms with Gasteiger partial charge in [0.25, 0.3) is 5.91 Å². The lowest BCUT2D eigenvalue weighted by atomic mass is 10.2. The minimum atomic E-state index is -0.361. The van der Waals surface area contributed by atoms with Crippen molar-refractivity contribution >= 4 is 23.8 Å². The molecule has 0 saturated carbocycles. The van der Waals surface area contributed by atoms with Crippen molar-refractivity contribution in [1.29, 1.82) is 0 Å². The number of hydrogen-bond donors (Lipinski definition) is 1. The van der Waals surface area contributed by atoms with E-state index in [0.717, 1.165) is 0 Å². The van der Waals surface area contributed by atoms with Gasteiger partial charge in [-0.15, -0.1) is 6.42 Å². The Kier molecular flexibility index (Phi) is 5.05. The maximum absolute atomic E-state index is 11.2. The number of carbonyl (C=O) groups excluding carboxylic acids is 2. The first-order chi connectivity index (χ1) is 8.19. The molecule has 0 aliphatic heterocycles. The number of ether oxygens (including phenoxy) is 1. The Morgan fingerprint density at radius 2 is 2.35 bits per heavy atom. The predicted octanol–water partition coefficient (Wildman–Crippen LogP) is 1.28. The number of nitrogens with one attached hydrogen (secondary N) is 1. The van der Waals surface area contributed by atoms with Crippen LogP contribution in [0.15, 0.2) is 18.2 Å². The van der Waals surface area contributed by atoms with Crippen LogP contribution in [0.5, 0.6) is 5.75 Å². The molecule has 0 aliphatic carbocycles. The number of benzene rings is 1. The molecule has 0 aliphatic rings. The van der Waals surface area contributed by atoms with Crippen LogP contribution >= 0.6 is 11.6 Å². The summed E-state index contributed by atoms with van der Waals surface area (Å²) in [4.78, 5) is 22.0. The lowest BCUT2D eigenvalue weighted by Crippen LogP contribution is -2.29. The molecule has 0 heterocycles. The van der Waals surface area contributed by atoms with Crippen LogP contribution in [0, 0.1) is 12.3 Å². The van der Waals surface area contributed by atoms with Crippen LogP contribution in [0.4, 0.5) is 0 Å². The van der Waals surface area contributed by atoms with Crippen molar-refractivity contribution in [2.75, 3.05) is 13.2 Å². The van der Waals surface area contributed by atoms with Gasteiger partial charge >= 0.3 is 0 Å². The summed E-state index contributed by atoms with van der Waals surface area (Å²) in [5, 5.41) is 2.71. The van der Waals surface area contributed by atoms with Gasteiger partial charge in [-0.25, -0.2) is 0 Å². The molecule has 0 aromatic heterocycles. The molecular formula is C12H10ClNO3. The van der Waals surface area contributed by atoms with E-state index < -0.39 is 0 Å². The first kappa shape index (κ1) is 13.1. The highest BCUT2D eigenvalue weighted by Gasteiger charge is 2.08. The average Bonchev–Trinajstić information content (AvgIpc) is 2.33. The van der Waals surface area contributed by atoms with E-state index >= 15 is 0 Å². The van der Waals surface area contributed by atoms with Gasteiger partial charge in [-0.1, -0.05) is 23.6 Å². The number of terminal acetylenes is 1. The quantitative estimate of drug-likeness (QED) is 0.634. The Morgan fingerprint density at radius 3 is 3.00 bits per heavy atom. The zero-order valence-corrected chi connectivity index (χ0v) is 9.66. The van der Waals surface area contributed by atoms with Gasteiger partial charge in [0.15, 0.2) is 12.9 Å². The van der Waals surface area contributed by atoms with E-state index in [0.29, 0.717) is 6.29 Å². The Bertz CT molecular complexity index is 465. The number of rotatable bonds is 5. The molecule has 0 spiro atoms. The Balaban J connectivity index is 2.64. The van der Waals surface area contributed by atoms with Gasteiger partial charge in [0.1, 0.15) is 5.75 Å². The van der Waals surface area contributed by atoms with Crippen LogP contribution in [0.25, 0.3) is 0 Å². The number of hydrogen-bond acceptors (Lipinski definition) is 3. The molecule has 0 fully saturated rings. The summed E-state index contributed by atoms with van der Waals surface area (Å²) in [6.45, 7) is -0.0822. The minimum Gasteiger partial charge on any atom is -0.483 e. The third kappa shape index (κ3) is 3.82. The number of amides is 1. The van der Waals surface area contributed by atoms with E-state index in [4.69, 9.17) is 22.8 Å². The van der Waals surface area contributed by atoms with Gasteiger partial charge in [-0.2, -0.15) is 0 Å². The molecule has 1 N–H and O–H groups in total. The second kappa shape index (κ2) is 6.56. The van der Waals surface area contributed by atoms with Gasteiger partial charge in [-0.05, 0) is 12.1 Å². The number of carbonyl (C=O) groups is 2. The van der Waals surface area contributed by atoms with Gasteiger partial charge < -0.3 is 10.1 Å². The van der Waals surface area contributed by atoms with Crippen molar-refractivity contribution in [2.45, 2.75) is 0 Å². The summed E-state index contributed by atoms with van der Waals surface area (Å²) in [5.41, 5.74) is 0.221. The summed E-state index contributed by atoms with van der Waals surface area (Å²) < 4.78 is 5.17. The summed E-state index contributed by atoms with van der Waals surface area (Å²) in [6.07, 6.45) is 5.56. The highest BCUT2D eigenvalue weighted by molar-refractivity contribution is 6.33. The van der Waals surface area contributed by atoms with Crippen LogP contribution in [0.3, 0.4) is 0 Å². The van der Waals surface area contributed by atoms with Crippen LogP contribution in [-0.2, 0) is 4.79 Å².